The third kappa shape index (κ3) is 36.2. The smallest absolute Gasteiger partial charge is 0.306 e. The summed E-state index contributed by atoms with van der Waals surface area (Å²) < 4.78 is 16.6. The standard InChI is InChI=1S/C44H84O6/c1-5-8-10-12-22-27-31-35-42(45)48-38-41(50-44(47)37-33-29-23-13-11-9-6-2)39-49-43(46)36-32-28-25-21-19-17-15-14-16-18-20-24-26-30-34-40(4)7-3/h40-41H,5-39H2,1-4H3/t40?,41-/m0/s1. The van der Waals surface area contributed by atoms with E-state index < -0.39 is 6.10 Å². The van der Waals surface area contributed by atoms with E-state index in [1.165, 1.54) is 135 Å². The Hall–Kier alpha value is -1.59. The van der Waals surface area contributed by atoms with E-state index in [0.717, 1.165) is 63.7 Å². The van der Waals surface area contributed by atoms with Crippen LogP contribution in [0.15, 0.2) is 0 Å². The van der Waals surface area contributed by atoms with Crippen molar-refractivity contribution in [1.29, 1.82) is 0 Å². The second-order valence-corrected chi connectivity index (χ2v) is 15.2. The Morgan fingerprint density at radius 2 is 0.700 bits per heavy atom. The van der Waals surface area contributed by atoms with Crippen molar-refractivity contribution >= 4 is 17.9 Å². The van der Waals surface area contributed by atoms with E-state index in [1.54, 1.807) is 0 Å². The zero-order valence-electron chi connectivity index (χ0n) is 33.9. The SMILES string of the molecule is CCCCCCCCCC(=O)OC[C@@H](COC(=O)CCCCCCCCCCCCCCCCC(C)CC)OC(=O)CCCCCCCCC. The fraction of sp³-hybridized carbons (Fsp3) is 0.932. The van der Waals surface area contributed by atoms with Crippen molar-refractivity contribution in [2.24, 2.45) is 5.92 Å². The molecule has 0 rings (SSSR count). The molecule has 0 fully saturated rings. The van der Waals surface area contributed by atoms with Crippen LogP contribution in [0.3, 0.4) is 0 Å². The number of ether oxygens (including phenoxy) is 3. The van der Waals surface area contributed by atoms with Crippen LogP contribution in [-0.2, 0) is 28.6 Å². The molecule has 0 amide bonds. The summed E-state index contributed by atoms with van der Waals surface area (Å²) in [7, 11) is 0. The summed E-state index contributed by atoms with van der Waals surface area (Å²) in [6, 6.07) is 0. The Morgan fingerprint density at radius 1 is 0.400 bits per heavy atom. The molecule has 0 aromatic carbocycles. The van der Waals surface area contributed by atoms with Gasteiger partial charge in [0.1, 0.15) is 13.2 Å². The average Bonchev–Trinajstić information content (AvgIpc) is 3.11. The molecule has 0 aliphatic carbocycles. The third-order valence-corrected chi connectivity index (χ3v) is 10.2. The predicted molar refractivity (Wildman–Crippen MR) is 210 cm³/mol. The largest absolute Gasteiger partial charge is 0.462 e. The lowest BCUT2D eigenvalue weighted by Crippen LogP contribution is -2.30. The van der Waals surface area contributed by atoms with Crippen molar-refractivity contribution < 1.29 is 28.6 Å². The van der Waals surface area contributed by atoms with Gasteiger partial charge in [-0.2, -0.15) is 0 Å². The number of rotatable bonds is 39. The molecule has 0 aliphatic heterocycles. The number of carbonyl (C=O) groups excluding carboxylic acids is 3. The highest BCUT2D eigenvalue weighted by Crippen LogP contribution is 2.17. The van der Waals surface area contributed by atoms with E-state index in [4.69, 9.17) is 14.2 Å². The monoisotopic (exact) mass is 709 g/mol. The molecule has 6 nitrogen and oxygen atoms in total. The Bertz CT molecular complexity index is 753. The summed E-state index contributed by atoms with van der Waals surface area (Å²) in [6.45, 7) is 8.95. The van der Waals surface area contributed by atoms with Crippen LogP contribution in [0.5, 0.6) is 0 Å². The van der Waals surface area contributed by atoms with Crippen LogP contribution in [0.2, 0.25) is 0 Å². The van der Waals surface area contributed by atoms with E-state index in [-0.39, 0.29) is 31.1 Å². The lowest BCUT2D eigenvalue weighted by atomic mass is 9.99. The molecule has 0 N–H and O–H groups in total. The summed E-state index contributed by atoms with van der Waals surface area (Å²) in [6.07, 6.45) is 36.8. The normalized spacial score (nSPS) is 12.5. The van der Waals surface area contributed by atoms with Crippen molar-refractivity contribution in [1.82, 2.24) is 0 Å². The van der Waals surface area contributed by atoms with Gasteiger partial charge in [0.05, 0.1) is 0 Å². The minimum absolute atomic E-state index is 0.0649. The van der Waals surface area contributed by atoms with E-state index in [1.807, 2.05) is 0 Å². The van der Waals surface area contributed by atoms with E-state index >= 15 is 0 Å². The van der Waals surface area contributed by atoms with Gasteiger partial charge in [0.15, 0.2) is 6.10 Å². The lowest BCUT2D eigenvalue weighted by Gasteiger charge is -2.18. The average molecular weight is 709 g/mol. The topological polar surface area (TPSA) is 78.9 Å². The summed E-state index contributed by atoms with van der Waals surface area (Å²) in [5, 5.41) is 0. The Balaban J connectivity index is 4.13. The van der Waals surface area contributed by atoms with E-state index in [2.05, 4.69) is 27.7 Å². The number of carbonyl (C=O) groups is 3. The summed E-state index contributed by atoms with van der Waals surface area (Å²) in [5.74, 6) is 0.0256. The second kappa shape index (κ2) is 38.6. The van der Waals surface area contributed by atoms with Crippen LogP contribution in [0.1, 0.15) is 240 Å². The van der Waals surface area contributed by atoms with E-state index in [9.17, 15) is 14.4 Å². The minimum atomic E-state index is -0.756. The summed E-state index contributed by atoms with van der Waals surface area (Å²) >= 11 is 0. The lowest BCUT2D eigenvalue weighted by molar-refractivity contribution is -0.167. The Labute approximate surface area is 310 Å². The van der Waals surface area contributed by atoms with Crippen molar-refractivity contribution in [3.63, 3.8) is 0 Å². The molecule has 0 saturated carbocycles. The summed E-state index contributed by atoms with van der Waals surface area (Å²) in [5.41, 5.74) is 0. The van der Waals surface area contributed by atoms with Crippen LogP contribution in [0.25, 0.3) is 0 Å². The quantitative estimate of drug-likeness (QED) is 0.0359. The molecule has 0 aromatic heterocycles. The van der Waals surface area contributed by atoms with Crippen molar-refractivity contribution in [2.75, 3.05) is 13.2 Å². The minimum Gasteiger partial charge on any atom is -0.462 e. The first kappa shape index (κ1) is 48.4. The molecule has 2 atom stereocenters. The fourth-order valence-corrected chi connectivity index (χ4v) is 6.42. The maximum atomic E-state index is 12.5. The van der Waals surface area contributed by atoms with Gasteiger partial charge in [-0.05, 0) is 25.2 Å². The van der Waals surface area contributed by atoms with Gasteiger partial charge in [-0.25, -0.2) is 0 Å². The molecular weight excluding hydrogens is 624 g/mol. The number of hydrogen-bond donors (Lipinski definition) is 0. The van der Waals surface area contributed by atoms with Crippen LogP contribution in [0, 0.1) is 5.92 Å². The van der Waals surface area contributed by atoms with Gasteiger partial charge in [-0.3, -0.25) is 14.4 Å². The maximum absolute atomic E-state index is 12.5. The molecule has 50 heavy (non-hydrogen) atoms. The van der Waals surface area contributed by atoms with Gasteiger partial charge in [0, 0.05) is 19.3 Å². The van der Waals surface area contributed by atoms with Crippen LogP contribution in [0.4, 0.5) is 0 Å². The molecule has 0 spiro atoms. The molecule has 296 valence electrons. The molecule has 0 saturated heterocycles. The maximum Gasteiger partial charge on any atom is 0.306 e. The first-order valence-corrected chi connectivity index (χ1v) is 21.9. The fourth-order valence-electron chi connectivity index (χ4n) is 6.42. The van der Waals surface area contributed by atoms with Gasteiger partial charge in [-0.15, -0.1) is 0 Å². The molecule has 1 unspecified atom stereocenters. The van der Waals surface area contributed by atoms with Gasteiger partial charge < -0.3 is 14.2 Å². The van der Waals surface area contributed by atoms with Crippen LogP contribution in [-0.4, -0.2) is 37.2 Å². The number of esters is 3. The van der Waals surface area contributed by atoms with Crippen molar-refractivity contribution in [3.05, 3.63) is 0 Å². The predicted octanol–water partition coefficient (Wildman–Crippen LogP) is 13.6. The van der Waals surface area contributed by atoms with Crippen molar-refractivity contribution in [3.8, 4) is 0 Å². The molecule has 0 bridgehead atoms. The first-order chi connectivity index (χ1) is 24.4. The van der Waals surface area contributed by atoms with Gasteiger partial charge in [0.2, 0.25) is 0 Å². The number of hydrogen-bond acceptors (Lipinski definition) is 6. The van der Waals surface area contributed by atoms with Gasteiger partial charge >= 0.3 is 17.9 Å². The zero-order valence-corrected chi connectivity index (χ0v) is 33.9. The Morgan fingerprint density at radius 3 is 1.04 bits per heavy atom. The van der Waals surface area contributed by atoms with Crippen LogP contribution >= 0.6 is 0 Å². The van der Waals surface area contributed by atoms with Crippen LogP contribution < -0.4 is 0 Å². The summed E-state index contributed by atoms with van der Waals surface area (Å²) in [4.78, 5) is 37.4. The highest BCUT2D eigenvalue weighted by molar-refractivity contribution is 5.71. The molecule has 0 heterocycles. The van der Waals surface area contributed by atoms with Gasteiger partial charge in [-0.1, -0.05) is 201 Å². The molecule has 0 aromatic rings. The molecule has 0 aliphatic rings. The number of unbranched alkanes of at least 4 members (excludes halogenated alkanes) is 25. The van der Waals surface area contributed by atoms with Gasteiger partial charge in [0.25, 0.3) is 0 Å². The zero-order chi connectivity index (χ0) is 36.8. The molecule has 0 radical (unpaired) electrons. The van der Waals surface area contributed by atoms with Crippen molar-refractivity contribution in [2.45, 2.75) is 246 Å². The third-order valence-electron chi connectivity index (χ3n) is 10.2. The highest BCUT2D eigenvalue weighted by Gasteiger charge is 2.19. The second-order valence-electron chi connectivity index (χ2n) is 15.2. The molecule has 6 heteroatoms. The Kier molecular flexibility index (Phi) is 37.4. The van der Waals surface area contributed by atoms with E-state index in [0.29, 0.717) is 19.3 Å². The first-order valence-electron chi connectivity index (χ1n) is 21.9. The highest BCUT2D eigenvalue weighted by atomic mass is 16.6. The molecular formula is C44H84O6.